The quantitative estimate of drug-likeness (QED) is 0.235. The number of piperazine rings is 1. The Labute approximate surface area is 283 Å². The highest BCUT2D eigenvalue weighted by atomic mass is 35.5. The van der Waals surface area contributed by atoms with Crippen LogP contribution in [0.25, 0.3) is 10.8 Å². The smallest absolute Gasteiger partial charge is 0.333 e. The molecule has 0 aromatic heterocycles. The second kappa shape index (κ2) is 13.9. The maximum absolute atomic E-state index is 14.3. The highest BCUT2D eigenvalue weighted by Crippen LogP contribution is 2.31. The molecule has 6 rings (SSSR count). The molecule has 2 aliphatic rings. The van der Waals surface area contributed by atoms with E-state index in [1.807, 2.05) is 73.8 Å². The molecule has 240 valence electrons. The number of anilines is 1. The molecule has 4 aromatic rings. The molecule has 0 saturated carbocycles. The van der Waals surface area contributed by atoms with Crippen LogP contribution in [0.3, 0.4) is 0 Å². The van der Waals surface area contributed by atoms with Gasteiger partial charge in [0, 0.05) is 32.2 Å². The van der Waals surface area contributed by atoms with Crippen LogP contribution in [0.2, 0.25) is 10.0 Å². The first-order valence-electron chi connectivity index (χ1n) is 15.2. The fraction of sp³-hybridized carbons (Fsp3) is 0.257. The molecule has 4 aromatic carbocycles. The van der Waals surface area contributed by atoms with Gasteiger partial charge in [-0.25, -0.2) is 9.80 Å². The SMILES string of the molecule is CNc1ccc(C[C@H]2C(=O)N(Cc3cccc4ccccc34)C[C@H]3N2C(=O)CN3N(CC#N)C(=O)NCc2ccc(Cl)c(Cl)c2)cc1. The van der Waals surface area contributed by atoms with Gasteiger partial charge in [0.15, 0.2) is 0 Å². The van der Waals surface area contributed by atoms with E-state index >= 15 is 0 Å². The molecule has 2 N–H and O–H groups in total. The fourth-order valence-electron chi connectivity index (χ4n) is 6.32. The van der Waals surface area contributed by atoms with Crippen molar-refractivity contribution in [1.29, 1.82) is 5.26 Å². The number of urea groups is 1. The molecule has 0 radical (unpaired) electrons. The number of carbonyl (C=O) groups is 3. The van der Waals surface area contributed by atoms with E-state index in [0.29, 0.717) is 23.0 Å². The second-order valence-electron chi connectivity index (χ2n) is 11.5. The zero-order valence-corrected chi connectivity index (χ0v) is 27.2. The zero-order chi connectivity index (χ0) is 33.1. The number of halogens is 2. The lowest BCUT2D eigenvalue weighted by Gasteiger charge is -2.46. The van der Waals surface area contributed by atoms with Crippen LogP contribution < -0.4 is 10.6 Å². The third kappa shape index (κ3) is 6.69. The van der Waals surface area contributed by atoms with E-state index in [4.69, 9.17) is 23.2 Å². The molecular formula is C35H33Cl2N7O3. The molecule has 2 atom stereocenters. The van der Waals surface area contributed by atoms with Gasteiger partial charge in [-0.15, -0.1) is 0 Å². The molecule has 4 amide bonds. The first-order valence-corrected chi connectivity index (χ1v) is 16.0. The van der Waals surface area contributed by atoms with E-state index in [1.165, 1.54) is 5.01 Å². The van der Waals surface area contributed by atoms with Crippen LogP contribution in [0.5, 0.6) is 0 Å². The Hall–Kier alpha value is -4.82. The van der Waals surface area contributed by atoms with Crippen molar-refractivity contribution in [2.75, 3.05) is 32.0 Å². The molecule has 2 fully saturated rings. The monoisotopic (exact) mass is 669 g/mol. The third-order valence-corrected chi connectivity index (χ3v) is 9.41. The van der Waals surface area contributed by atoms with Crippen LogP contribution in [0.4, 0.5) is 10.5 Å². The lowest BCUT2D eigenvalue weighted by Crippen LogP contribution is -2.66. The highest BCUT2D eigenvalue weighted by Gasteiger charge is 2.52. The summed E-state index contributed by atoms with van der Waals surface area (Å²) in [6, 6.07) is 27.5. The van der Waals surface area contributed by atoms with Gasteiger partial charge in [0.2, 0.25) is 11.8 Å². The molecule has 2 heterocycles. The average Bonchev–Trinajstić information content (AvgIpc) is 3.41. The number of fused-ring (bicyclic) bond motifs is 2. The van der Waals surface area contributed by atoms with E-state index < -0.39 is 18.2 Å². The number of hydrogen-bond donors (Lipinski definition) is 2. The Morgan fingerprint density at radius 1 is 0.979 bits per heavy atom. The Balaban J connectivity index is 1.31. The maximum Gasteiger partial charge on any atom is 0.333 e. The van der Waals surface area contributed by atoms with Crippen molar-refractivity contribution in [3.63, 3.8) is 0 Å². The first-order chi connectivity index (χ1) is 22.8. The standard InChI is InChI=1S/C35H33Cl2N7O3/c1-39-27-12-9-23(10-13-27)18-31-34(46)41(20-26-7-4-6-25-5-2-3-8-28(25)26)21-32-43(22-33(45)44(31)32)42(16-15-38)35(47)40-19-24-11-14-29(36)30(37)17-24/h2-14,17,31-32,39H,16,18-22H2,1H3,(H,40,47)/t31-,32+/m0/s1. The number of nitrogens with zero attached hydrogens (tertiary/aromatic N) is 5. The largest absolute Gasteiger partial charge is 0.388 e. The first kappa shape index (κ1) is 32.1. The van der Waals surface area contributed by atoms with Crippen molar-refractivity contribution < 1.29 is 14.4 Å². The summed E-state index contributed by atoms with van der Waals surface area (Å²) in [5.41, 5.74) is 3.53. The highest BCUT2D eigenvalue weighted by molar-refractivity contribution is 6.42. The normalized spacial score (nSPS) is 17.8. The predicted molar refractivity (Wildman–Crippen MR) is 181 cm³/mol. The van der Waals surface area contributed by atoms with Crippen molar-refractivity contribution in [2.45, 2.75) is 31.7 Å². The number of rotatable bonds is 9. The van der Waals surface area contributed by atoms with Crippen LogP contribution in [0, 0.1) is 11.3 Å². The molecular weight excluding hydrogens is 637 g/mol. The summed E-state index contributed by atoms with van der Waals surface area (Å²) in [5, 5.41) is 21.4. The van der Waals surface area contributed by atoms with Crippen molar-refractivity contribution >= 4 is 57.5 Å². The van der Waals surface area contributed by atoms with Crippen LogP contribution >= 0.6 is 23.2 Å². The fourth-order valence-corrected chi connectivity index (χ4v) is 6.64. The molecule has 0 spiro atoms. The molecule has 2 aliphatic heterocycles. The van der Waals surface area contributed by atoms with Gasteiger partial charge in [-0.3, -0.25) is 9.59 Å². The minimum atomic E-state index is -0.801. The lowest BCUT2D eigenvalue weighted by molar-refractivity contribution is -0.157. The maximum atomic E-state index is 14.3. The van der Waals surface area contributed by atoms with Gasteiger partial charge in [0.1, 0.15) is 18.8 Å². The molecule has 10 nitrogen and oxygen atoms in total. The molecule has 12 heteroatoms. The zero-order valence-electron chi connectivity index (χ0n) is 25.7. The van der Waals surface area contributed by atoms with E-state index in [2.05, 4.69) is 16.7 Å². The minimum absolute atomic E-state index is 0.130. The second-order valence-corrected chi connectivity index (χ2v) is 12.3. The molecule has 0 aliphatic carbocycles. The lowest BCUT2D eigenvalue weighted by atomic mass is 9.98. The predicted octanol–water partition coefficient (Wildman–Crippen LogP) is 5.26. The van der Waals surface area contributed by atoms with Crippen LogP contribution in [0.1, 0.15) is 16.7 Å². The number of hydrazine groups is 1. The van der Waals surface area contributed by atoms with Crippen molar-refractivity contribution in [1.82, 2.24) is 25.1 Å². The molecule has 0 unspecified atom stereocenters. The summed E-state index contributed by atoms with van der Waals surface area (Å²) >= 11 is 12.2. The van der Waals surface area contributed by atoms with Crippen LogP contribution in [-0.2, 0) is 29.1 Å². The Morgan fingerprint density at radius 3 is 2.47 bits per heavy atom. The number of nitrogens with one attached hydrogen (secondary N) is 2. The Kier molecular flexibility index (Phi) is 9.50. The summed E-state index contributed by atoms with van der Waals surface area (Å²) in [6.45, 7) is 0.161. The number of hydrogen-bond acceptors (Lipinski definition) is 6. The van der Waals surface area contributed by atoms with Gasteiger partial charge < -0.3 is 20.4 Å². The number of nitriles is 1. The summed E-state index contributed by atoms with van der Waals surface area (Å²) < 4.78 is 0. The number of carbonyl (C=O) groups excluding carboxylic acids is 3. The van der Waals surface area contributed by atoms with E-state index in [-0.39, 0.29) is 38.0 Å². The van der Waals surface area contributed by atoms with E-state index in [1.54, 1.807) is 33.0 Å². The van der Waals surface area contributed by atoms with Gasteiger partial charge >= 0.3 is 6.03 Å². The topological polar surface area (TPSA) is 112 Å². The van der Waals surface area contributed by atoms with Crippen molar-refractivity contribution in [3.8, 4) is 6.07 Å². The summed E-state index contributed by atoms with van der Waals surface area (Å²) in [7, 11) is 1.83. The van der Waals surface area contributed by atoms with Crippen LogP contribution in [-0.4, -0.2) is 76.6 Å². The van der Waals surface area contributed by atoms with Gasteiger partial charge in [-0.1, -0.05) is 83.9 Å². The Morgan fingerprint density at radius 2 is 1.72 bits per heavy atom. The third-order valence-electron chi connectivity index (χ3n) is 8.67. The molecule has 47 heavy (non-hydrogen) atoms. The van der Waals surface area contributed by atoms with Crippen molar-refractivity contribution in [2.24, 2.45) is 0 Å². The summed E-state index contributed by atoms with van der Waals surface area (Å²) in [5.74, 6) is -0.455. The van der Waals surface area contributed by atoms with Gasteiger partial charge in [-0.2, -0.15) is 10.3 Å². The average molecular weight is 671 g/mol. The van der Waals surface area contributed by atoms with E-state index in [9.17, 15) is 19.6 Å². The van der Waals surface area contributed by atoms with Gasteiger partial charge in [-0.05, 0) is 51.7 Å². The van der Waals surface area contributed by atoms with E-state index in [0.717, 1.165) is 33.2 Å². The molecule has 2 saturated heterocycles. The number of benzene rings is 4. The van der Waals surface area contributed by atoms with Crippen molar-refractivity contribution in [3.05, 3.63) is 112 Å². The Bertz CT molecular complexity index is 1860. The summed E-state index contributed by atoms with van der Waals surface area (Å²) in [4.78, 5) is 44.9. The summed E-state index contributed by atoms with van der Waals surface area (Å²) in [6.07, 6.45) is -0.368. The van der Waals surface area contributed by atoms with Gasteiger partial charge in [0.25, 0.3) is 0 Å². The van der Waals surface area contributed by atoms with Crippen LogP contribution in [0.15, 0.2) is 84.9 Å². The molecule has 0 bridgehead atoms. The minimum Gasteiger partial charge on any atom is -0.388 e. The number of amides is 4. The van der Waals surface area contributed by atoms with Gasteiger partial charge in [0.05, 0.1) is 29.2 Å².